The Balaban J connectivity index is 0.000000221. The molecule has 0 aliphatic heterocycles. The van der Waals surface area contributed by atoms with E-state index in [2.05, 4.69) is 10.7 Å². The molecule has 8 nitrogen and oxygen atoms in total. The number of hydrogen-bond acceptors (Lipinski definition) is 7. The summed E-state index contributed by atoms with van der Waals surface area (Å²) in [5.74, 6) is -0.898. The van der Waals surface area contributed by atoms with Gasteiger partial charge in [0.15, 0.2) is 5.34 Å². The summed E-state index contributed by atoms with van der Waals surface area (Å²) >= 11 is 0. The summed E-state index contributed by atoms with van der Waals surface area (Å²) in [6.45, 7) is 0.604. The number of nitrogens with zero attached hydrogens (tertiary/aromatic N) is 2. The van der Waals surface area contributed by atoms with Crippen LogP contribution in [0.15, 0.2) is 35.7 Å². The molecule has 2 saturated carbocycles. The van der Waals surface area contributed by atoms with Crippen LogP contribution in [0.3, 0.4) is 0 Å². The fraction of sp³-hybridized carbons (Fsp3) is 0.696. The van der Waals surface area contributed by atoms with Gasteiger partial charge in [0.2, 0.25) is 0 Å². The summed E-state index contributed by atoms with van der Waals surface area (Å²) in [5.41, 5.74) is 1.04. The Hall–Kier alpha value is -2.03. The van der Waals surface area contributed by atoms with Gasteiger partial charge >= 0.3 is 5.97 Å². The quantitative estimate of drug-likeness (QED) is 0.414. The number of hydrogen-bond donors (Lipinski definition) is 2. The minimum Gasteiger partial charge on any atom is -0.480 e. The first kappa shape index (κ1) is 25.2. The molecule has 1 aromatic carbocycles. The number of aliphatic carboxylic acids is 1. The highest BCUT2D eigenvalue weighted by Crippen LogP contribution is 2.30. The molecule has 0 spiro atoms. The zero-order valence-electron chi connectivity index (χ0n) is 18.6. The van der Waals surface area contributed by atoms with Gasteiger partial charge in [-0.2, -0.15) is 0 Å². The number of benzene rings is 1. The van der Waals surface area contributed by atoms with E-state index in [1.165, 1.54) is 38.5 Å². The monoisotopic (exact) mass is 435 g/mol. The van der Waals surface area contributed by atoms with E-state index in [1.807, 2.05) is 35.4 Å². The summed E-state index contributed by atoms with van der Waals surface area (Å²) in [4.78, 5) is 26.0. The number of likely N-dealkylation sites (N-methyl/N-ethyl adjacent to an activating group) is 1. The molecule has 8 heteroatoms. The van der Waals surface area contributed by atoms with E-state index in [0.29, 0.717) is 18.7 Å². The molecule has 0 heterocycles. The number of nitrogens with one attached hydrogen (secondary N) is 1. The summed E-state index contributed by atoms with van der Waals surface area (Å²) in [5, 5.41) is 16.0. The maximum atomic E-state index is 10.6. The normalized spacial score (nSPS) is 18.6. The zero-order chi connectivity index (χ0) is 22.3. The highest BCUT2D eigenvalue weighted by molar-refractivity contribution is 5.73. The number of carboxylic acids is 1. The molecule has 0 saturated heterocycles. The molecule has 1 aromatic rings. The highest BCUT2D eigenvalue weighted by atomic mass is 16.9. The van der Waals surface area contributed by atoms with Crippen LogP contribution < -0.4 is 5.32 Å². The van der Waals surface area contributed by atoms with Crippen molar-refractivity contribution in [2.75, 3.05) is 13.7 Å². The largest absolute Gasteiger partial charge is 0.480 e. The lowest BCUT2D eigenvalue weighted by molar-refractivity contribution is -0.225. The molecule has 0 bridgehead atoms. The van der Waals surface area contributed by atoms with Gasteiger partial charge in [0.25, 0.3) is 0 Å². The number of ether oxygens (including phenoxy) is 1. The van der Waals surface area contributed by atoms with Gasteiger partial charge in [-0.15, -0.1) is 9.97 Å². The molecule has 0 aromatic heterocycles. The molecule has 2 aliphatic carbocycles. The van der Waals surface area contributed by atoms with Crippen LogP contribution in [0.25, 0.3) is 0 Å². The van der Waals surface area contributed by atoms with E-state index in [9.17, 15) is 9.70 Å². The lowest BCUT2D eigenvalue weighted by Crippen LogP contribution is -2.44. The second-order valence-corrected chi connectivity index (χ2v) is 8.28. The van der Waals surface area contributed by atoms with Crippen molar-refractivity contribution in [1.82, 2.24) is 10.4 Å². The van der Waals surface area contributed by atoms with Gasteiger partial charge in [-0.1, -0.05) is 68.9 Å². The molecular formula is C23H37N3O5. The van der Waals surface area contributed by atoms with Gasteiger partial charge in [-0.25, -0.2) is 0 Å². The third-order valence-electron chi connectivity index (χ3n) is 6.04. The number of carbonyl (C=O) groups is 1. The van der Waals surface area contributed by atoms with E-state index < -0.39 is 12.0 Å². The Bertz CT molecular complexity index is 601. The van der Waals surface area contributed by atoms with Crippen LogP contribution in [0.1, 0.15) is 69.8 Å². The van der Waals surface area contributed by atoms with Crippen LogP contribution in [0.5, 0.6) is 0 Å². The fourth-order valence-corrected chi connectivity index (χ4v) is 4.29. The van der Waals surface area contributed by atoms with E-state index in [1.54, 1.807) is 7.05 Å². The average molecular weight is 436 g/mol. The van der Waals surface area contributed by atoms with Crippen LogP contribution >= 0.6 is 0 Å². The predicted octanol–water partition coefficient (Wildman–Crippen LogP) is 4.44. The maximum absolute atomic E-state index is 10.6. The van der Waals surface area contributed by atoms with Crippen molar-refractivity contribution in [3.8, 4) is 0 Å². The highest BCUT2D eigenvalue weighted by Gasteiger charge is 2.31. The Morgan fingerprint density at radius 1 is 1.06 bits per heavy atom. The Morgan fingerprint density at radius 3 is 2.06 bits per heavy atom. The van der Waals surface area contributed by atoms with Crippen molar-refractivity contribution in [2.24, 2.45) is 5.34 Å². The van der Waals surface area contributed by atoms with E-state index in [-0.39, 0.29) is 6.61 Å². The lowest BCUT2D eigenvalue weighted by Gasteiger charge is -2.37. The lowest BCUT2D eigenvalue weighted by atomic mass is 9.90. The number of hydroxylamine groups is 2. The van der Waals surface area contributed by atoms with Crippen molar-refractivity contribution < 1.29 is 19.6 Å². The molecule has 0 unspecified atom stereocenters. The van der Waals surface area contributed by atoms with Crippen molar-refractivity contribution in [2.45, 2.75) is 88.9 Å². The molecule has 1 atom stereocenters. The molecule has 3 rings (SSSR count). The zero-order valence-corrected chi connectivity index (χ0v) is 18.6. The molecule has 2 N–H and O–H groups in total. The van der Waals surface area contributed by atoms with Crippen LogP contribution in [0.2, 0.25) is 0 Å². The fourth-order valence-electron chi connectivity index (χ4n) is 4.29. The van der Waals surface area contributed by atoms with Gasteiger partial charge in [-0.05, 0) is 38.3 Å². The van der Waals surface area contributed by atoms with Gasteiger partial charge in [0.1, 0.15) is 6.04 Å². The van der Waals surface area contributed by atoms with Crippen molar-refractivity contribution >= 4 is 5.97 Å². The predicted molar refractivity (Wildman–Crippen MR) is 119 cm³/mol. The molecule has 174 valence electrons. The van der Waals surface area contributed by atoms with Crippen LogP contribution in [0.4, 0.5) is 0 Å². The third-order valence-corrected chi connectivity index (χ3v) is 6.04. The summed E-state index contributed by atoms with van der Waals surface area (Å²) in [7, 11) is 1.60. The molecule has 0 amide bonds. The molecule has 2 fully saturated rings. The van der Waals surface area contributed by atoms with Crippen molar-refractivity contribution in [1.29, 1.82) is 0 Å². The van der Waals surface area contributed by atoms with Gasteiger partial charge in [0.05, 0.1) is 13.2 Å². The third kappa shape index (κ3) is 9.33. The van der Waals surface area contributed by atoms with E-state index >= 15 is 0 Å². The average Bonchev–Trinajstić information content (AvgIpc) is 2.82. The molecule has 2 aliphatic rings. The summed E-state index contributed by atoms with van der Waals surface area (Å²) in [6.07, 6.45) is 12.3. The first-order valence-corrected chi connectivity index (χ1v) is 11.5. The Morgan fingerprint density at radius 2 is 1.61 bits per heavy atom. The van der Waals surface area contributed by atoms with Crippen LogP contribution in [0, 0.1) is 4.91 Å². The molecule has 31 heavy (non-hydrogen) atoms. The topological polar surface area (TPSA) is 100 Å². The first-order valence-electron chi connectivity index (χ1n) is 11.5. The summed E-state index contributed by atoms with van der Waals surface area (Å²) < 4.78 is 5.29. The van der Waals surface area contributed by atoms with E-state index in [0.717, 1.165) is 31.2 Å². The van der Waals surface area contributed by atoms with Gasteiger partial charge < -0.3 is 15.2 Å². The van der Waals surface area contributed by atoms with Gasteiger partial charge in [0, 0.05) is 12.1 Å². The minimum absolute atomic E-state index is 0.167. The number of carboxylic acid groups (broad SMARTS) is 1. The second kappa shape index (κ2) is 14.9. The Kier molecular flexibility index (Phi) is 12.1. The van der Waals surface area contributed by atoms with E-state index in [4.69, 9.17) is 14.8 Å². The Labute approximate surface area is 185 Å². The van der Waals surface area contributed by atoms with Gasteiger partial charge in [-0.3, -0.25) is 9.73 Å². The van der Waals surface area contributed by atoms with Crippen molar-refractivity contribution in [3.63, 3.8) is 0 Å². The number of rotatable bonds is 10. The van der Waals surface area contributed by atoms with Crippen LogP contribution in [-0.4, -0.2) is 47.9 Å². The summed E-state index contributed by atoms with van der Waals surface area (Å²) in [6, 6.07) is 9.86. The minimum atomic E-state index is -0.898. The first-order chi connectivity index (χ1) is 15.2. The second-order valence-electron chi connectivity index (χ2n) is 8.28. The van der Waals surface area contributed by atoms with Crippen molar-refractivity contribution in [3.05, 3.63) is 40.8 Å². The SMILES string of the molecule is CN[C@@H](COCc1ccccc1)C(=O)O.O=NON(C1CCCCC1)C1CCCCC1. The molecular weight excluding hydrogens is 398 g/mol. The maximum Gasteiger partial charge on any atom is 0.323 e. The molecule has 0 radical (unpaired) electrons. The smallest absolute Gasteiger partial charge is 0.323 e. The standard InChI is InChI=1S/C12H22N2O2.C11H15NO3/c15-13-16-14(11-7-3-1-4-8-11)12-9-5-2-6-10-12;1-12-10(11(13)14)8-15-7-9-5-3-2-4-6-9/h11-12H,1-10H2;2-6,10,12H,7-8H2,1H3,(H,13,14)/t;10-/m.0/s1. The van der Waals surface area contributed by atoms with Crippen LogP contribution in [-0.2, 0) is 21.1 Å².